The summed E-state index contributed by atoms with van der Waals surface area (Å²) < 4.78 is 7.01. The van der Waals surface area contributed by atoms with Crippen molar-refractivity contribution in [2.24, 2.45) is 0 Å². The molecule has 3 rings (SSSR count). The molecule has 0 bridgehead atoms. The van der Waals surface area contributed by atoms with Crippen molar-refractivity contribution in [2.75, 3.05) is 7.11 Å². The van der Waals surface area contributed by atoms with Gasteiger partial charge in [-0.1, -0.05) is 31.5 Å². The van der Waals surface area contributed by atoms with Gasteiger partial charge in [-0.3, -0.25) is 4.79 Å². The number of nitrogens with zero attached hydrogens (tertiary/aromatic N) is 3. The first-order valence-corrected chi connectivity index (χ1v) is 8.99. The molecule has 1 aromatic carbocycles. The lowest BCUT2D eigenvalue weighted by molar-refractivity contribution is 0.0949. The molecule has 6 nitrogen and oxygen atoms in total. The Kier molecular flexibility index (Phi) is 5.76. The number of hydrogen-bond acceptors (Lipinski definition) is 4. The number of nitrogens with one attached hydrogen (secondary N) is 1. The topological polar surface area (TPSA) is 69.0 Å². The number of carbonyl (C=O) groups excluding carboxylic acids is 1. The summed E-state index contributed by atoms with van der Waals surface area (Å²) in [5.74, 6) is 0.417. The van der Waals surface area contributed by atoms with Crippen molar-refractivity contribution in [1.82, 2.24) is 20.1 Å². The van der Waals surface area contributed by atoms with E-state index in [4.69, 9.17) is 16.3 Å². The van der Waals surface area contributed by atoms with Crippen LogP contribution in [0.25, 0.3) is 5.69 Å². The molecule has 0 aliphatic carbocycles. The summed E-state index contributed by atoms with van der Waals surface area (Å²) in [6.07, 6.45) is 3.25. The lowest BCUT2D eigenvalue weighted by Crippen LogP contribution is -2.24. The molecule has 2 aromatic heterocycles. The minimum atomic E-state index is -0.190. The van der Waals surface area contributed by atoms with Gasteiger partial charge in [-0.15, -0.1) is 0 Å². The van der Waals surface area contributed by atoms with Crippen LogP contribution in [0.2, 0.25) is 5.02 Å². The van der Waals surface area contributed by atoms with E-state index in [1.807, 2.05) is 38.1 Å². The van der Waals surface area contributed by atoms with Gasteiger partial charge in [0.2, 0.25) is 5.88 Å². The third kappa shape index (κ3) is 4.11. The average Bonchev–Trinajstić information content (AvgIpc) is 3.12. The van der Waals surface area contributed by atoms with Crippen LogP contribution in [0.4, 0.5) is 0 Å². The van der Waals surface area contributed by atoms with Crippen LogP contribution < -0.4 is 10.1 Å². The highest BCUT2D eigenvalue weighted by Crippen LogP contribution is 2.24. The van der Waals surface area contributed by atoms with E-state index in [0.29, 0.717) is 23.0 Å². The van der Waals surface area contributed by atoms with E-state index in [1.54, 1.807) is 36.3 Å². The number of hydrogen-bond donors (Lipinski definition) is 1. The largest absolute Gasteiger partial charge is 0.481 e. The van der Waals surface area contributed by atoms with Gasteiger partial charge < -0.3 is 10.1 Å². The Balaban J connectivity index is 1.85. The first-order chi connectivity index (χ1) is 13.0. The van der Waals surface area contributed by atoms with E-state index < -0.39 is 0 Å². The van der Waals surface area contributed by atoms with Gasteiger partial charge in [0, 0.05) is 23.3 Å². The number of methoxy groups -OCH3 is 1. The molecule has 1 N–H and O–H groups in total. The molecule has 140 valence electrons. The first kappa shape index (κ1) is 18.9. The predicted molar refractivity (Wildman–Crippen MR) is 105 cm³/mol. The molecule has 0 aliphatic heterocycles. The highest BCUT2D eigenvalue weighted by atomic mass is 35.5. The van der Waals surface area contributed by atoms with Crippen molar-refractivity contribution in [2.45, 2.75) is 26.3 Å². The Morgan fingerprint density at radius 1 is 1.26 bits per heavy atom. The number of halogens is 1. The van der Waals surface area contributed by atoms with Gasteiger partial charge in [0.15, 0.2) is 0 Å². The summed E-state index contributed by atoms with van der Waals surface area (Å²) in [5.41, 5.74) is 3.05. The zero-order valence-electron chi connectivity index (χ0n) is 15.4. The molecular formula is C20H21ClN4O2. The quantitative estimate of drug-likeness (QED) is 0.697. The Morgan fingerprint density at radius 2 is 2.00 bits per heavy atom. The van der Waals surface area contributed by atoms with E-state index in [1.165, 1.54) is 0 Å². The van der Waals surface area contributed by atoms with Crippen molar-refractivity contribution < 1.29 is 9.53 Å². The molecule has 0 saturated heterocycles. The molecule has 0 radical (unpaired) electrons. The molecular weight excluding hydrogens is 364 g/mol. The summed E-state index contributed by atoms with van der Waals surface area (Å²) >= 11 is 5.97. The molecule has 3 aromatic rings. The molecule has 0 fully saturated rings. The van der Waals surface area contributed by atoms with Gasteiger partial charge in [-0.25, -0.2) is 9.67 Å². The van der Waals surface area contributed by atoms with Gasteiger partial charge in [-0.05, 0) is 36.2 Å². The molecule has 27 heavy (non-hydrogen) atoms. The van der Waals surface area contributed by atoms with Crippen LogP contribution in [0.1, 0.15) is 41.4 Å². The van der Waals surface area contributed by atoms with Crippen molar-refractivity contribution in [3.8, 4) is 11.6 Å². The van der Waals surface area contributed by atoms with Crippen LogP contribution in [-0.4, -0.2) is 27.8 Å². The number of pyridine rings is 1. The molecule has 7 heteroatoms. The Morgan fingerprint density at radius 3 is 2.67 bits per heavy atom. The van der Waals surface area contributed by atoms with Crippen molar-refractivity contribution in [3.63, 3.8) is 0 Å². The minimum absolute atomic E-state index is 0.108. The van der Waals surface area contributed by atoms with Crippen molar-refractivity contribution in [3.05, 3.63) is 70.6 Å². The van der Waals surface area contributed by atoms with Gasteiger partial charge in [-0.2, -0.15) is 5.10 Å². The van der Waals surface area contributed by atoms with Crippen LogP contribution >= 0.6 is 11.6 Å². The lowest BCUT2D eigenvalue weighted by Gasteiger charge is -2.13. The van der Waals surface area contributed by atoms with Crippen LogP contribution in [0.5, 0.6) is 5.88 Å². The monoisotopic (exact) mass is 384 g/mol. The van der Waals surface area contributed by atoms with Crippen LogP contribution in [0.15, 0.2) is 48.8 Å². The SMILES string of the molecule is COc1ncccc1CNC(=O)c1cnn(-c2ccc(Cl)cc2)c1C(C)C. The van der Waals surface area contributed by atoms with E-state index in [2.05, 4.69) is 15.4 Å². The van der Waals surface area contributed by atoms with Crippen LogP contribution in [0.3, 0.4) is 0 Å². The number of rotatable bonds is 6. The molecule has 0 spiro atoms. The number of ether oxygens (including phenoxy) is 1. The third-order valence-electron chi connectivity index (χ3n) is 4.15. The number of carbonyl (C=O) groups is 1. The first-order valence-electron chi connectivity index (χ1n) is 8.61. The summed E-state index contributed by atoms with van der Waals surface area (Å²) in [6.45, 7) is 4.38. The number of aromatic nitrogens is 3. The fourth-order valence-corrected chi connectivity index (χ4v) is 3.02. The highest BCUT2D eigenvalue weighted by Gasteiger charge is 2.21. The Labute approximate surface area is 163 Å². The van der Waals surface area contributed by atoms with Gasteiger partial charge in [0.25, 0.3) is 5.91 Å². The summed E-state index contributed by atoms with van der Waals surface area (Å²) in [7, 11) is 1.56. The fourth-order valence-electron chi connectivity index (χ4n) is 2.89. The molecule has 0 atom stereocenters. The van der Waals surface area contributed by atoms with Gasteiger partial charge in [0.05, 0.1) is 30.3 Å². The maximum Gasteiger partial charge on any atom is 0.255 e. The molecule has 2 heterocycles. The zero-order valence-corrected chi connectivity index (χ0v) is 16.2. The second kappa shape index (κ2) is 8.22. The van der Waals surface area contributed by atoms with Crippen molar-refractivity contribution in [1.29, 1.82) is 0 Å². The standard InChI is InChI=1S/C20H21ClN4O2/c1-13(2)18-17(12-24-25(18)16-8-6-15(21)7-9-16)19(26)23-11-14-5-4-10-22-20(14)27-3/h4-10,12-13H,11H2,1-3H3,(H,23,26). The molecule has 0 unspecified atom stereocenters. The maximum atomic E-state index is 12.8. The highest BCUT2D eigenvalue weighted by molar-refractivity contribution is 6.30. The Bertz CT molecular complexity index is 935. The maximum absolute atomic E-state index is 12.8. The van der Waals surface area contributed by atoms with Gasteiger partial charge in [0.1, 0.15) is 0 Å². The second-order valence-corrected chi connectivity index (χ2v) is 6.78. The van der Waals surface area contributed by atoms with E-state index in [0.717, 1.165) is 16.9 Å². The lowest BCUT2D eigenvalue weighted by atomic mass is 10.0. The molecule has 0 aliphatic rings. The second-order valence-electron chi connectivity index (χ2n) is 6.34. The number of amides is 1. The van der Waals surface area contributed by atoms with Crippen molar-refractivity contribution >= 4 is 17.5 Å². The third-order valence-corrected chi connectivity index (χ3v) is 4.40. The molecule has 1 amide bonds. The average molecular weight is 385 g/mol. The zero-order chi connectivity index (χ0) is 19.4. The Hall–Kier alpha value is -2.86. The number of benzene rings is 1. The minimum Gasteiger partial charge on any atom is -0.481 e. The van der Waals surface area contributed by atoms with E-state index in [9.17, 15) is 4.79 Å². The van der Waals surface area contributed by atoms with Crippen LogP contribution in [-0.2, 0) is 6.54 Å². The normalized spacial score (nSPS) is 10.9. The summed E-state index contributed by atoms with van der Waals surface area (Å²) in [6, 6.07) is 11.0. The fraction of sp³-hybridized carbons (Fsp3) is 0.250. The predicted octanol–water partition coefficient (Wildman–Crippen LogP) is 3.98. The smallest absolute Gasteiger partial charge is 0.255 e. The van der Waals surface area contributed by atoms with E-state index in [-0.39, 0.29) is 11.8 Å². The van der Waals surface area contributed by atoms with Gasteiger partial charge >= 0.3 is 0 Å². The summed E-state index contributed by atoms with van der Waals surface area (Å²) in [4.78, 5) is 16.9. The van der Waals surface area contributed by atoms with Crippen LogP contribution in [0, 0.1) is 0 Å². The summed E-state index contributed by atoms with van der Waals surface area (Å²) in [5, 5.41) is 8.00. The molecule has 0 saturated carbocycles. The van der Waals surface area contributed by atoms with E-state index >= 15 is 0 Å².